The smallest absolute Gasteiger partial charge is 0.265 e. The SMILES string of the molecule is CCCNC(=O)C1CCN(C(=O)c2sc(-c3ccc(F)cc3)nc2C)CC1. The van der Waals surface area contributed by atoms with Crippen molar-refractivity contribution in [3.63, 3.8) is 0 Å². The van der Waals surface area contributed by atoms with E-state index in [1.807, 2.05) is 13.8 Å². The molecule has 0 spiro atoms. The van der Waals surface area contributed by atoms with Crippen LogP contribution in [0.25, 0.3) is 10.6 Å². The Labute approximate surface area is 162 Å². The van der Waals surface area contributed by atoms with Gasteiger partial charge < -0.3 is 10.2 Å². The number of aromatic nitrogens is 1. The highest BCUT2D eigenvalue weighted by atomic mass is 32.1. The van der Waals surface area contributed by atoms with Gasteiger partial charge in [0.15, 0.2) is 0 Å². The Kier molecular flexibility index (Phi) is 6.21. The monoisotopic (exact) mass is 389 g/mol. The van der Waals surface area contributed by atoms with E-state index in [4.69, 9.17) is 0 Å². The number of piperidine rings is 1. The summed E-state index contributed by atoms with van der Waals surface area (Å²) < 4.78 is 13.1. The Hall–Kier alpha value is -2.28. The first kappa shape index (κ1) is 19.5. The third kappa shape index (κ3) is 4.53. The maximum absolute atomic E-state index is 13.1. The van der Waals surface area contributed by atoms with Crippen LogP contribution in [-0.4, -0.2) is 41.3 Å². The van der Waals surface area contributed by atoms with Crippen molar-refractivity contribution in [2.24, 2.45) is 5.92 Å². The van der Waals surface area contributed by atoms with Crippen LogP contribution in [0.15, 0.2) is 24.3 Å². The lowest BCUT2D eigenvalue weighted by Gasteiger charge is -2.31. The second-order valence-corrected chi connectivity index (χ2v) is 7.80. The van der Waals surface area contributed by atoms with Crippen LogP contribution in [0.2, 0.25) is 0 Å². The van der Waals surface area contributed by atoms with Gasteiger partial charge in [-0.3, -0.25) is 9.59 Å². The molecule has 1 saturated heterocycles. The number of benzene rings is 1. The quantitative estimate of drug-likeness (QED) is 0.849. The van der Waals surface area contributed by atoms with E-state index in [-0.39, 0.29) is 23.5 Å². The summed E-state index contributed by atoms with van der Waals surface area (Å²) in [5.74, 6) is -0.255. The fourth-order valence-electron chi connectivity index (χ4n) is 3.19. The summed E-state index contributed by atoms with van der Waals surface area (Å²) in [6.07, 6.45) is 2.29. The molecule has 0 saturated carbocycles. The number of amides is 2. The minimum absolute atomic E-state index is 0.0158. The number of carbonyl (C=O) groups is 2. The zero-order valence-electron chi connectivity index (χ0n) is 15.6. The molecule has 0 unspecified atom stereocenters. The lowest BCUT2D eigenvalue weighted by molar-refractivity contribution is -0.126. The van der Waals surface area contributed by atoms with Crippen molar-refractivity contribution >= 4 is 23.2 Å². The number of hydrogen-bond donors (Lipinski definition) is 1. The highest BCUT2D eigenvalue weighted by Crippen LogP contribution is 2.30. The summed E-state index contributed by atoms with van der Waals surface area (Å²) in [4.78, 5) is 31.9. The van der Waals surface area contributed by atoms with Crippen molar-refractivity contribution < 1.29 is 14.0 Å². The predicted molar refractivity (Wildman–Crippen MR) is 104 cm³/mol. The number of hydrogen-bond acceptors (Lipinski definition) is 4. The number of likely N-dealkylation sites (tertiary alicyclic amines) is 1. The first-order valence-electron chi connectivity index (χ1n) is 9.30. The van der Waals surface area contributed by atoms with Gasteiger partial charge in [0.1, 0.15) is 15.7 Å². The van der Waals surface area contributed by atoms with Crippen LogP contribution in [-0.2, 0) is 4.79 Å². The van der Waals surface area contributed by atoms with Crippen LogP contribution in [0.1, 0.15) is 41.6 Å². The van der Waals surface area contributed by atoms with Gasteiger partial charge in [-0.1, -0.05) is 6.92 Å². The lowest BCUT2D eigenvalue weighted by Crippen LogP contribution is -2.43. The maximum atomic E-state index is 13.1. The van der Waals surface area contributed by atoms with Gasteiger partial charge in [0, 0.05) is 31.1 Å². The van der Waals surface area contributed by atoms with Gasteiger partial charge in [-0.2, -0.15) is 0 Å². The van der Waals surface area contributed by atoms with Gasteiger partial charge in [0.25, 0.3) is 5.91 Å². The Bertz CT molecular complexity index is 811. The molecule has 144 valence electrons. The number of carbonyl (C=O) groups excluding carboxylic acids is 2. The van der Waals surface area contributed by atoms with Gasteiger partial charge in [-0.05, 0) is 50.5 Å². The molecular weight excluding hydrogens is 365 g/mol. The number of nitrogens with zero attached hydrogens (tertiary/aromatic N) is 2. The van der Waals surface area contributed by atoms with Gasteiger partial charge >= 0.3 is 0 Å². The van der Waals surface area contributed by atoms with Crippen molar-refractivity contribution in [2.75, 3.05) is 19.6 Å². The third-order valence-corrected chi connectivity index (χ3v) is 5.98. The summed E-state index contributed by atoms with van der Waals surface area (Å²) in [7, 11) is 0. The largest absolute Gasteiger partial charge is 0.356 e. The molecule has 0 atom stereocenters. The first-order chi connectivity index (χ1) is 13.0. The molecule has 27 heavy (non-hydrogen) atoms. The molecule has 1 fully saturated rings. The lowest BCUT2D eigenvalue weighted by atomic mass is 9.95. The molecule has 1 aliphatic heterocycles. The van der Waals surface area contributed by atoms with Gasteiger partial charge in [-0.25, -0.2) is 9.37 Å². The molecule has 0 bridgehead atoms. The van der Waals surface area contributed by atoms with E-state index in [0.29, 0.717) is 48.1 Å². The Morgan fingerprint density at radius 1 is 1.26 bits per heavy atom. The molecule has 1 aliphatic rings. The van der Waals surface area contributed by atoms with Gasteiger partial charge in [0.2, 0.25) is 5.91 Å². The summed E-state index contributed by atoms with van der Waals surface area (Å²) in [6, 6.07) is 6.12. The predicted octanol–water partition coefficient (Wildman–Crippen LogP) is 3.64. The third-order valence-electron chi connectivity index (χ3n) is 4.78. The summed E-state index contributed by atoms with van der Waals surface area (Å²) in [5, 5.41) is 3.65. The molecular formula is C20H24FN3O2S. The van der Waals surface area contributed by atoms with Crippen molar-refractivity contribution in [3.8, 4) is 10.6 Å². The topological polar surface area (TPSA) is 62.3 Å². The molecule has 1 aromatic heterocycles. The average molecular weight is 389 g/mol. The minimum Gasteiger partial charge on any atom is -0.356 e. The van der Waals surface area contributed by atoms with Crippen molar-refractivity contribution in [1.29, 1.82) is 0 Å². The van der Waals surface area contributed by atoms with Crippen molar-refractivity contribution in [1.82, 2.24) is 15.2 Å². The second-order valence-electron chi connectivity index (χ2n) is 6.80. The van der Waals surface area contributed by atoms with Crippen LogP contribution in [0.4, 0.5) is 4.39 Å². The average Bonchev–Trinajstić information content (AvgIpc) is 3.07. The second kappa shape index (κ2) is 8.61. The Balaban J connectivity index is 1.65. The fourth-order valence-corrected chi connectivity index (χ4v) is 4.23. The molecule has 3 rings (SSSR count). The summed E-state index contributed by atoms with van der Waals surface area (Å²) >= 11 is 1.33. The number of aryl methyl sites for hydroxylation is 1. The van der Waals surface area contributed by atoms with Gasteiger partial charge in [0.05, 0.1) is 5.69 Å². The molecule has 2 aromatic rings. The fraction of sp³-hybridized carbons (Fsp3) is 0.450. The Morgan fingerprint density at radius 2 is 1.93 bits per heavy atom. The molecule has 0 radical (unpaired) electrons. The van der Waals surface area contributed by atoms with Crippen molar-refractivity contribution in [2.45, 2.75) is 33.1 Å². The number of nitrogens with one attached hydrogen (secondary N) is 1. The normalized spacial score (nSPS) is 15.0. The molecule has 5 nitrogen and oxygen atoms in total. The van der Waals surface area contributed by atoms with Crippen LogP contribution in [0.3, 0.4) is 0 Å². The number of thiazole rings is 1. The minimum atomic E-state index is -0.297. The van der Waals surface area contributed by atoms with E-state index in [1.165, 1.54) is 23.5 Å². The van der Waals surface area contributed by atoms with Crippen LogP contribution in [0, 0.1) is 18.7 Å². The summed E-state index contributed by atoms with van der Waals surface area (Å²) in [6.45, 7) is 5.70. The van der Waals surface area contributed by atoms with E-state index in [1.54, 1.807) is 17.0 Å². The first-order valence-corrected chi connectivity index (χ1v) is 10.1. The van der Waals surface area contributed by atoms with Crippen LogP contribution >= 0.6 is 11.3 Å². The molecule has 2 heterocycles. The van der Waals surface area contributed by atoms with E-state index < -0.39 is 0 Å². The van der Waals surface area contributed by atoms with Crippen LogP contribution < -0.4 is 5.32 Å². The summed E-state index contributed by atoms with van der Waals surface area (Å²) in [5.41, 5.74) is 1.49. The highest BCUT2D eigenvalue weighted by molar-refractivity contribution is 7.17. The Morgan fingerprint density at radius 3 is 2.56 bits per heavy atom. The van der Waals surface area contributed by atoms with Crippen LogP contribution in [0.5, 0.6) is 0 Å². The molecule has 1 aromatic carbocycles. The molecule has 0 aliphatic carbocycles. The zero-order chi connectivity index (χ0) is 19.4. The molecule has 1 N–H and O–H groups in total. The highest BCUT2D eigenvalue weighted by Gasteiger charge is 2.29. The number of halogens is 1. The molecule has 7 heteroatoms. The standard InChI is InChI=1S/C20H24FN3O2S/c1-3-10-22-18(25)14-8-11-24(12-9-14)20(26)17-13(2)23-19(27-17)15-4-6-16(21)7-5-15/h4-7,14H,3,8-12H2,1-2H3,(H,22,25). The zero-order valence-corrected chi connectivity index (χ0v) is 16.4. The van der Waals surface area contributed by atoms with E-state index in [9.17, 15) is 14.0 Å². The number of rotatable bonds is 5. The maximum Gasteiger partial charge on any atom is 0.265 e. The van der Waals surface area contributed by atoms with E-state index in [2.05, 4.69) is 10.3 Å². The van der Waals surface area contributed by atoms with E-state index in [0.717, 1.165) is 12.0 Å². The van der Waals surface area contributed by atoms with E-state index >= 15 is 0 Å². The van der Waals surface area contributed by atoms with Gasteiger partial charge in [-0.15, -0.1) is 11.3 Å². The van der Waals surface area contributed by atoms with Crippen molar-refractivity contribution in [3.05, 3.63) is 40.7 Å². The molecule has 2 amide bonds.